The van der Waals surface area contributed by atoms with Crippen LogP contribution >= 0.6 is 11.3 Å². The van der Waals surface area contributed by atoms with E-state index in [9.17, 15) is 13.2 Å². The minimum atomic E-state index is -3.06. The molecule has 2 aliphatic heterocycles. The van der Waals surface area contributed by atoms with Gasteiger partial charge in [-0.3, -0.25) is 19.3 Å². The van der Waals surface area contributed by atoms with Gasteiger partial charge >= 0.3 is 0 Å². The highest BCUT2D eigenvalue weighted by Crippen LogP contribution is 2.36. The Morgan fingerprint density at radius 3 is 2.32 bits per heavy atom. The first-order valence-corrected chi connectivity index (χ1v) is 13.2. The molecule has 0 bridgehead atoms. The molecule has 2 aromatic heterocycles. The summed E-state index contributed by atoms with van der Waals surface area (Å²) in [7, 11) is 0.819. The Labute approximate surface area is 201 Å². The molecule has 2 saturated heterocycles. The summed E-state index contributed by atoms with van der Waals surface area (Å²) in [5.74, 6) is -1.30. The molecule has 0 radical (unpaired) electrons. The van der Waals surface area contributed by atoms with Gasteiger partial charge < -0.3 is 15.1 Å². The first kappa shape index (κ1) is 27.8. The predicted octanol–water partition coefficient (Wildman–Crippen LogP) is 0.0542. The van der Waals surface area contributed by atoms with Gasteiger partial charge in [0.25, 0.3) is 17.5 Å². The second kappa shape index (κ2) is 11.3. The van der Waals surface area contributed by atoms with Crippen LogP contribution in [0.25, 0.3) is 4.96 Å². The fourth-order valence-electron chi connectivity index (χ4n) is 4.12. The summed E-state index contributed by atoms with van der Waals surface area (Å²) in [6.45, 7) is 5.89. The summed E-state index contributed by atoms with van der Waals surface area (Å²) in [5, 5.41) is 19.7. The van der Waals surface area contributed by atoms with Gasteiger partial charge in [0.05, 0.1) is 16.7 Å². The predicted molar refractivity (Wildman–Crippen MR) is 127 cm³/mol. The molecule has 34 heavy (non-hydrogen) atoms. The van der Waals surface area contributed by atoms with Crippen LogP contribution in [0, 0.1) is 5.92 Å². The number of aryl methyl sites for hydroxylation is 1. The highest BCUT2D eigenvalue weighted by atomic mass is 32.2. The van der Waals surface area contributed by atoms with E-state index in [-0.39, 0.29) is 28.5 Å². The largest absolute Gasteiger partial charge is 0.481 e. The highest BCUT2D eigenvalue weighted by molar-refractivity contribution is 7.92. The minimum absolute atomic E-state index is 0.0599. The molecule has 0 spiro atoms. The Morgan fingerprint density at radius 1 is 1.21 bits per heavy atom. The number of rotatable bonds is 4. The third kappa shape index (κ3) is 7.04. The number of hydrogen-bond donors (Lipinski definition) is 2. The molecule has 0 amide bonds. The van der Waals surface area contributed by atoms with Crippen molar-refractivity contribution in [2.75, 3.05) is 32.9 Å². The van der Waals surface area contributed by atoms with Crippen LogP contribution in [-0.4, -0.2) is 99.2 Å². The lowest BCUT2D eigenvalue weighted by atomic mass is 10.00. The SMILES string of the molecule is CC(=O)O.CC(=O)O.CCc1nn2c(=O)cc(CN3C[C@H]4[C@H](N(C)C)CS(=O)(=O)[C@H]4C3)nc2s1. The molecule has 0 unspecified atom stereocenters. The molecule has 0 saturated carbocycles. The van der Waals surface area contributed by atoms with E-state index >= 15 is 0 Å². The van der Waals surface area contributed by atoms with Crippen LogP contribution in [0.3, 0.4) is 0 Å². The van der Waals surface area contributed by atoms with E-state index in [0.717, 1.165) is 31.8 Å². The quantitative estimate of drug-likeness (QED) is 0.563. The van der Waals surface area contributed by atoms with Crippen molar-refractivity contribution in [3.8, 4) is 0 Å². The van der Waals surface area contributed by atoms with Crippen molar-refractivity contribution in [3.05, 3.63) is 27.1 Å². The van der Waals surface area contributed by atoms with Gasteiger partial charge in [0.15, 0.2) is 9.84 Å². The molecule has 190 valence electrons. The van der Waals surface area contributed by atoms with Crippen molar-refractivity contribution in [1.29, 1.82) is 0 Å². The van der Waals surface area contributed by atoms with Crippen LogP contribution in [0.2, 0.25) is 0 Å². The van der Waals surface area contributed by atoms with E-state index in [2.05, 4.69) is 15.0 Å². The third-order valence-corrected chi connectivity index (χ3v) is 8.71. The number of carbonyl (C=O) groups is 2. The van der Waals surface area contributed by atoms with Gasteiger partial charge in [-0.2, -0.15) is 9.61 Å². The first-order chi connectivity index (χ1) is 15.7. The number of carboxylic acids is 2. The Balaban J connectivity index is 0.000000446. The average molecular weight is 518 g/mol. The number of aliphatic carboxylic acids is 2. The summed E-state index contributed by atoms with van der Waals surface area (Å²) >= 11 is 1.42. The summed E-state index contributed by atoms with van der Waals surface area (Å²) in [5.41, 5.74) is 0.499. The number of fused-ring (bicyclic) bond motifs is 2. The highest BCUT2D eigenvalue weighted by Gasteiger charge is 2.52. The average Bonchev–Trinajstić information content (AvgIpc) is 3.35. The molecule has 4 heterocycles. The van der Waals surface area contributed by atoms with Crippen LogP contribution in [0.4, 0.5) is 0 Å². The molecule has 0 aliphatic carbocycles. The maximum atomic E-state index is 12.5. The van der Waals surface area contributed by atoms with Gasteiger partial charge in [-0.15, -0.1) is 0 Å². The van der Waals surface area contributed by atoms with Crippen LogP contribution in [0.1, 0.15) is 31.5 Å². The van der Waals surface area contributed by atoms with Gasteiger partial charge in [0.1, 0.15) is 5.01 Å². The standard InChI is InChI=1S/C16H23N5O3S2.2C2H4O2/c1-4-14-18-21-15(22)5-10(17-16(21)25-14)6-20-7-11-12(19(2)3)9-26(23,24)13(11)8-20;2*1-2(3)4/h5,11-13H,4,6-9H2,1-3H3;2*1H3,(H,3,4)/t11-,12+,13-;;/m0../s1. The second-order valence-corrected chi connectivity index (χ2v) is 11.7. The zero-order valence-corrected chi connectivity index (χ0v) is 21.5. The van der Waals surface area contributed by atoms with Gasteiger partial charge in [0.2, 0.25) is 4.96 Å². The summed E-state index contributed by atoms with van der Waals surface area (Å²) in [6, 6.07) is 1.57. The maximum absolute atomic E-state index is 12.5. The van der Waals surface area contributed by atoms with Crippen LogP contribution < -0.4 is 5.56 Å². The molecule has 2 aromatic rings. The van der Waals surface area contributed by atoms with E-state index in [1.54, 1.807) is 0 Å². The van der Waals surface area contributed by atoms with Crippen LogP contribution in [-0.2, 0) is 32.4 Å². The number of likely N-dealkylation sites (tertiary alicyclic amines) is 1. The molecule has 4 rings (SSSR count). The number of hydrogen-bond acceptors (Lipinski definition) is 10. The Bertz CT molecular complexity index is 1170. The third-order valence-electron chi connectivity index (χ3n) is 5.43. The summed E-state index contributed by atoms with van der Waals surface area (Å²) in [6.07, 6.45) is 0.766. The summed E-state index contributed by atoms with van der Waals surface area (Å²) < 4.78 is 26.3. The molecule has 2 aliphatic rings. The van der Waals surface area contributed by atoms with E-state index in [4.69, 9.17) is 19.8 Å². The van der Waals surface area contributed by atoms with Gasteiger partial charge in [-0.25, -0.2) is 13.4 Å². The topological polar surface area (TPSA) is 162 Å². The molecular weight excluding hydrogens is 486 g/mol. The Hall–Kier alpha value is -2.42. The molecule has 12 nitrogen and oxygen atoms in total. The van der Waals surface area contributed by atoms with E-state index in [0.29, 0.717) is 23.7 Å². The molecule has 0 aromatic carbocycles. The molecular formula is C20H31N5O7S2. The Kier molecular flexibility index (Phi) is 9.28. The Morgan fingerprint density at radius 2 is 1.79 bits per heavy atom. The fraction of sp³-hybridized carbons (Fsp3) is 0.650. The molecule has 14 heteroatoms. The van der Waals surface area contributed by atoms with Crippen molar-refractivity contribution in [3.63, 3.8) is 0 Å². The van der Waals surface area contributed by atoms with Crippen molar-refractivity contribution in [2.24, 2.45) is 5.92 Å². The lowest BCUT2D eigenvalue weighted by Gasteiger charge is -2.24. The number of carboxylic acid groups (broad SMARTS) is 2. The van der Waals surface area contributed by atoms with Crippen LogP contribution in [0.15, 0.2) is 10.9 Å². The van der Waals surface area contributed by atoms with Crippen molar-refractivity contribution in [2.45, 2.75) is 45.0 Å². The monoisotopic (exact) mass is 517 g/mol. The number of sulfone groups is 1. The van der Waals surface area contributed by atoms with E-state index < -0.39 is 21.8 Å². The van der Waals surface area contributed by atoms with Gasteiger partial charge in [-0.1, -0.05) is 18.3 Å². The summed E-state index contributed by atoms with van der Waals surface area (Å²) in [4.78, 5) is 39.6. The first-order valence-electron chi connectivity index (χ1n) is 10.6. The smallest absolute Gasteiger partial charge is 0.300 e. The molecule has 3 atom stereocenters. The second-order valence-electron chi connectivity index (χ2n) is 8.42. The van der Waals surface area contributed by atoms with Crippen molar-refractivity contribution in [1.82, 2.24) is 24.4 Å². The van der Waals surface area contributed by atoms with Crippen LogP contribution in [0.5, 0.6) is 0 Å². The van der Waals surface area contributed by atoms with E-state index in [1.807, 2.05) is 25.9 Å². The van der Waals surface area contributed by atoms with E-state index in [1.165, 1.54) is 21.9 Å². The zero-order chi connectivity index (χ0) is 25.8. The molecule has 2 fully saturated rings. The van der Waals surface area contributed by atoms with Gasteiger partial charge in [-0.05, 0) is 20.5 Å². The lowest BCUT2D eigenvalue weighted by molar-refractivity contribution is -0.135. The van der Waals surface area contributed by atoms with Gasteiger partial charge in [0, 0.05) is 51.5 Å². The number of nitrogens with zero attached hydrogens (tertiary/aromatic N) is 5. The minimum Gasteiger partial charge on any atom is -0.481 e. The molecule has 2 N–H and O–H groups in total. The lowest BCUT2D eigenvalue weighted by Crippen LogP contribution is -2.37. The fourth-order valence-corrected chi connectivity index (χ4v) is 7.49. The van der Waals surface area contributed by atoms with Crippen molar-refractivity contribution >= 4 is 38.1 Å². The zero-order valence-electron chi connectivity index (χ0n) is 19.8. The normalized spacial score (nSPS) is 23.1. The van der Waals surface area contributed by atoms with Crippen molar-refractivity contribution < 1.29 is 28.2 Å². The number of aromatic nitrogens is 3. The maximum Gasteiger partial charge on any atom is 0.300 e.